The highest BCUT2D eigenvalue weighted by atomic mass is 35.5. The van der Waals surface area contributed by atoms with Gasteiger partial charge in [-0.3, -0.25) is 4.79 Å². The zero-order chi connectivity index (χ0) is 15.4. The summed E-state index contributed by atoms with van der Waals surface area (Å²) in [6.45, 7) is 2.07. The van der Waals surface area contributed by atoms with E-state index >= 15 is 0 Å². The van der Waals surface area contributed by atoms with Gasteiger partial charge in [-0.25, -0.2) is 0 Å². The Morgan fingerprint density at radius 1 is 1.43 bits per heavy atom. The van der Waals surface area contributed by atoms with Crippen molar-refractivity contribution in [3.05, 3.63) is 45.3 Å². The van der Waals surface area contributed by atoms with Crippen LogP contribution in [-0.4, -0.2) is 11.5 Å². The van der Waals surface area contributed by atoms with Crippen molar-refractivity contribution in [3.63, 3.8) is 0 Å². The summed E-state index contributed by atoms with van der Waals surface area (Å²) in [5.74, 6) is 0.720. The van der Waals surface area contributed by atoms with E-state index in [-0.39, 0.29) is 11.5 Å². The summed E-state index contributed by atoms with van der Waals surface area (Å²) in [7, 11) is 0. The molecule has 2 rings (SSSR count). The number of thioether (sulfide) groups is 1. The van der Waals surface area contributed by atoms with E-state index in [0.717, 1.165) is 16.4 Å². The zero-order valence-electron chi connectivity index (χ0n) is 11.4. The average molecular weight is 337 g/mol. The van der Waals surface area contributed by atoms with E-state index in [9.17, 15) is 10.1 Å². The van der Waals surface area contributed by atoms with Crippen LogP contribution in [0, 0.1) is 11.3 Å². The Hall–Kier alpha value is -1.48. The Morgan fingerprint density at radius 2 is 2.10 bits per heavy atom. The van der Waals surface area contributed by atoms with Crippen molar-refractivity contribution in [3.8, 4) is 6.07 Å². The van der Waals surface area contributed by atoms with E-state index in [0.29, 0.717) is 21.0 Å². The van der Waals surface area contributed by atoms with Gasteiger partial charge in [0.2, 0.25) is 5.78 Å². The number of halogens is 1. The summed E-state index contributed by atoms with van der Waals surface area (Å²) in [6, 6.07) is 8.75. The van der Waals surface area contributed by atoms with E-state index in [4.69, 9.17) is 17.3 Å². The van der Waals surface area contributed by atoms with Crippen molar-refractivity contribution in [2.24, 2.45) is 0 Å². The number of hydrogen-bond acceptors (Lipinski definition) is 5. The number of carbonyl (C=O) groups is 1. The number of nitriles is 1. The Kier molecular flexibility index (Phi) is 5.29. The number of rotatable bonds is 5. The largest absolute Gasteiger partial charge is 0.396 e. The molecule has 0 radical (unpaired) electrons. The average Bonchev–Trinajstić information content (AvgIpc) is 2.81. The van der Waals surface area contributed by atoms with Gasteiger partial charge in [0, 0.05) is 10.6 Å². The molecular weight excluding hydrogens is 324 g/mol. The highest BCUT2D eigenvalue weighted by Gasteiger charge is 2.22. The second-order valence-corrected chi connectivity index (χ2v) is 7.12. The molecule has 21 heavy (non-hydrogen) atoms. The van der Waals surface area contributed by atoms with Crippen LogP contribution in [0.25, 0.3) is 0 Å². The van der Waals surface area contributed by atoms with Gasteiger partial charge in [0.25, 0.3) is 0 Å². The summed E-state index contributed by atoms with van der Waals surface area (Å²) in [5, 5.41) is 9.81. The van der Waals surface area contributed by atoms with Crippen LogP contribution >= 0.6 is 34.7 Å². The van der Waals surface area contributed by atoms with Crippen molar-refractivity contribution < 1.29 is 4.79 Å². The van der Waals surface area contributed by atoms with Gasteiger partial charge in [0.15, 0.2) is 0 Å². The fourth-order valence-electron chi connectivity index (χ4n) is 1.73. The molecule has 0 bridgehead atoms. The second kappa shape index (κ2) is 6.99. The topological polar surface area (TPSA) is 66.9 Å². The summed E-state index contributed by atoms with van der Waals surface area (Å²) in [5.41, 5.74) is 7.19. The minimum absolute atomic E-state index is 0.172. The molecule has 0 saturated carbocycles. The maximum Gasteiger partial charge on any atom is 0.205 e. The van der Waals surface area contributed by atoms with Crippen LogP contribution in [0.4, 0.5) is 5.69 Å². The Labute approximate surface area is 136 Å². The normalized spacial score (nSPS) is 10.3. The molecule has 1 aromatic heterocycles. The molecule has 2 aromatic rings. The maximum absolute atomic E-state index is 12.5. The Morgan fingerprint density at radius 3 is 2.67 bits per heavy atom. The van der Waals surface area contributed by atoms with Crippen LogP contribution in [0.15, 0.2) is 28.5 Å². The van der Waals surface area contributed by atoms with E-state index in [1.807, 2.05) is 0 Å². The lowest BCUT2D eigenvalue weighted by molar-refractivity contribution is 0.104. The minimum Gasteiger partial charge on any atom is -0.396 e. The number of carbonyl (C=O) groups excluding carboxylic acids is 1. The second-order valence-electron chi connectivity index (χ2n) is 4.30. The predicted octanol–water partition coefficient (Wildman–Crippen LogP) is 4.59. The van der Waals surface area contributed by atoms with Crippen molar-refractivity contribution in [1.29, 1.82) is 5.26 Å². The zero-order valence-corrected chi connectivity index (χ0v) is 13.7. The molecular formula is C15H13ClN2OS2. The molecule has 3 nitrogen and oxygen atoms in total. The molecule has 0 unspecified atom stereocenters. The lowest BCUT2D eigenvalue weighted by atomic mass is 10.1. The molecule has 0 aliphatic carbocycles. The number of anilines is 1. The van der Waals surface area contributed by atoms with Crippen LogP contribution in [0.3, 0.4) is 0 Å². The van der Waals surface area contributed by atoms with Crippen LogP contribution in [-0.2, 0) is 0 Å². The molecule has 0 saturated heterocycles. The minimum atomic E-state index is -0.172. The third-order valence-electron chi connectivity index (χ3n) is 2.77. The van der Waals surface area contributed by atoms with E-state index < -0.39 is 0 Å². The number of nitrogens with two attached hydrogens (primary N) is 1. The molecule has 0 amide bonds. The van der Waals surface area contributed by atoms with Crippen molar-refractivity contribution >= 4 is 46.2 Å². The highest BCUT2D eigenvalue weighted by Crippen LogP contribution is 2.39. The first-order valence-corrected chi connectivity index (χ1v) is 8.51. The maximum atomic E-state index is 12.5. The quantitative estimate of drug-likeness (QED) is 0.640. The lowest BCUT2D eigenvalue weighted by Crippen LogP contribution is -2.02. The van der Waals surface area contributed by atoms with Crippen molar-refractivity contribution in [2.45, 2.75) is 17.6 Å². The highest BCUT2D eigenvalue weighted by molar-refractivity contribution is 8.01. The number of nitrogens with zero attached hydrogens (tertiary/aromatic N) is 1. The van der Waals surface area contributed by atoms with Gasteiger partial charge in [0.1, 0.15) is 16.5 Å². The fraction of sp³-hybridized carbons (Fsp3) is 0.200. The third kappa shape index (κ3) is 3.41. The Balaban J connectivity index is 2.39. The van der Waals surface area contributed by atoms with E-state index in [1.165, 1.54) is 11.3 Å². The number of hydrogen-bond donors (Lipinski definition) is 1. The first-order chi connectivity index (χ1) is 10.1. The SMILES string of the molecule is CCCSc1sc(C(=O)c2ccc(Cl)cc2)c(N)c1C#N. The summed E-state index contributed by atoms with van der Waals surface area (Å²) in [6.07, 6.45) is 0.994. The summed E-state index contributed by atoms with van der Waals surface area (Å²) in [4.78, 5) is 12.9. The van der Waals surface area contributed by atoms with E-state index in [1.54, 1.807) is 36.0 Å². The van der Waals surface area contributed by atoms with Gasteiger partial charge in [-0.1, -0.05) is 18.5 Å². The van der Waals surface area contributed by atoms with Gasteiger partial charge in [-0.2, -0.15) is 5.26 Å². The van der Waals surface area contributed by atoms with Gasteiger partial charge in [-0.15, -0.1) is 23.1 Å². The van der Waals surface area contributed by atoms with Crippen molar-refractivity contribution in [2.75, 3.05) is 11.5 Å². The number of thiophene rings is 1. The number of nitrogen functional groups attached to an aromatic ring is 1. The van der Waals surface area contributed by atoms with Crippen LogP contribution in [0.1, 0.15) is 34.1 Å². The molecule has 0 fully saturated rings. The van der Waals surface area contributed by atoms with Crippen molar-refractivity contribution in [1.82, 2.24) is 0 Å². The molecule has 1 heterocycles. The standard InChI is InChI=1S/C15H13ClN2OS2/c1-2-7-20-15-11(8-17)12(18)14(21-15)13(19)9-3-5-10(16)6-4-9/h3-6H,2,7,18H2,1H3. The fourth-order valence-corrected chi connectivity index (χ4v) is 4.14. The van der Waals surface area contributed by atoms with Gasteiger partial charge in [-0.05, 0) is 36.4 Å². The molecule has 0 aliphatic rings. The van der Waals surface area contributed by atoms with Gasteiger partial charge >= 0.3 is 0 Å². The van der Waals surface area contributed by atoms with Gasteiger partial charge < -0.3 is 5.73 Å². The molecule has 0 atom stereocenters. The first kappa shape index (κ1) is 15.9. The third-order valence-corrected chi connectivity index (χ3v) is 5.71. The molecule has 0 aliphatic heterocycles. The molecule has 2 N–H and O–H groups in total. The molecule has 6 heteroatoms. The molecule has 0 spiro atoms. The monoisotopic (exact) mass is 336 g/mol. The first-order valence-electron chi connectivity index (χ1n) is 6.33. The van der Waals surface area contributed by atoms with Crippen LogP contribution in [0.2, 0.25) is 5.02 Å². The Bertz CT molecular complexity index is 702. The summed E-state index contributed by atoms with van der Waals surface area (Å²) >= 11 is 8.68. The van der Waals surface area contributed by atoms with E-state index in [2.05, 4.69) is 13.0 Å². The number of ketones is 1. The predicted molar refractivity (Wildman–Crippen MR) is 89.3 cm³/mol. The smallest absolute Gasteiger partial charge is 0.205 e. The summed E-state index contributed by atoms with van der Waals surface area (Å²) < 4.78 is 0.814. The number of benzene rings is 1. The molecule has 1 aromatic carbocycles. The molecule has 108 valence electrons. The van der Waals surface area contributed by atoms with Crippen LogP contribution in [0.5, 0.6) is 0 Å². The van der Waals surface area contributed by atoms with Gasteiger partial charge in [0.05, 0.1) is 9.90 Å². The van der Waals surface area contributed by atoms with Crippen LogP contribution < -0.4 is 5.73 Å². The lowest BCUT2D eigenvalue weighted by Gasteiger charge is -1.99.